The van der Waals surface area contributed by atoms with E-state index >= 15 is 0 Å². The van der Waals surface area contributed by atoms with Crippen molar-refractivity contribution in [2.24, 2.45) is 4.99 Å². The number of aromatic amines is 1. The fourth-order valence-corrected chi connectivity index (χ4v) is 4.51. The first-order valence-electron chi connectivity index (χ1n) is 7.52. The molecular weight excluding hydrogens is 314 g/mol. The van der Waals surface area contributed by atoms with Crippen LogP contribution >= 0.6 is 11.8 Å². The first kappa shape index (κ1) is 14.7. The van der Waals surface area contributed by atoms with Crippen LogP contribution < -0.4 is 0 Å². The molecule has 1 unspecified atom stereocenters. The van der Waals surface area contributed by atoms with Crippen LogP contribution in [0.1, 0.15) is 32.8 Å². The highest BCUT2D eigenvalue weighted by Gasteiger charge is 2.47. The van der Waals surface area contributed by atoms with Crippen molar-refractivity contribution in [3.8, 4) is 0 Å². The van der Waals surface area contributed by atoms with Gasteiger partial charge in [-0.3, -0.25) is 9.89 Å². The molecule has 7 heteroatoms. The van der Waals surface area contributed by atoms with Crippen molar-refractivity contribution in [2.45, 2.75) is 44.1 Å². The predicted octanol–water partition coefficient (Wildman–Crippen LogP) is 2.05. The van der Waals surface area contributed by atoms with Crippen LogP contribution in [-0.2, 0) is 9.53 Å². The molecule has 0 saturated carbocycles. The van der Waals surface area contributed by atoms with Crippen LogP contribution in [0, 0.1) is 0 Å². The third-order valence-electron chi connectivity index (χ3n) is 4.16. The van der Waals surface area contributed by atoms with E-state index < -0.39 is 5.60 Å². The van der Waals surface area contributed by atoms with Gasteiger partial charge in [-0.05, 0) is 26.3 Å². The minimum Gasteiger partial charge on any atom is -0.489 e. The number of allylic oxidation sites excluding steroid dienone is 1. The number of aliphatic hydroxyl groups is 1. The van der Waals surface area contributed by atoms with E-state index in [-0.39, 0.29) is 17.3 Å². The highest BCUT2D eigenvalue weighted by atomic mass is 32.2. The number of hydrogen-bond donors (Lipinski definition) is 2. The number of aliphatic imine (C=N–C) groups is 1. The number of thioether (sulfide) groups is 1. The summed E-state index contributed by atoms with van der Waals surface area (Å²) in [6.45, 7) is 5.31. The van der Waals surface area contributed by atoms with Gasteiger partial charge >= 0.3 is 0 Å². The van der Waals surface area contributed by atoms with Crippen molar-refractivity contribution in [3.63, 3.8) is 0 Å². The van der Waals surface area contributed by atoms with Crippen molar-refractivity contribution in [2.75, 3.05) is 0 Å². The lowest BCUT2D eigenvalue weighted by molar-refractivity contribution is -0.117. The van der Waals surface area contributed by atoms with Crippen LogP contribution in [0.25, 0.3) is 4.91 Å². The number of dihydropyridines is 1. The number of ether oxygens (including phenoxy) is 1. The first-order valence-corrected chi connectivity index (χ1v) is 8.40. The van der Waals surface area contributed by atoms with E-state index in [1.54, 1.807) is 26.2 Å². The summed E-state index contributed by atoms with van der Waals surface area (Å²) < 4.78 is 6.06. The maximum absolute atomic E-state index is 12.5. The standard InChI is InChI=1S/C16H17N3O3S/c1-7-4-9-10-11(22-7)12(8-5-17-18-6-8)23-13(10)15(20)19-14(9)16(2,3)21/h5-7,13,21H,4H2,1-3H3,(H,17,18)/t7-,13?/m1/s1. The normalized spacial score (nSPS) is 27.1. The topological polar surface area (TPSA) is 87.6 Å². The average molecular weight is 331 g/mol. The van der Waals surface area contributed by atoms with E-state index in [1.807, 2.05) is 6.92 Å². The molecule has 0 spiro atoms. The van der Waals surface area contributed by atoms with Crippen LogP contribution in [0.15, 0.2) is 34.3 Å². The molecule has 2 N–H and O–H groups in total. The number of nitrogens with zero attached hydrogens (tertiary/aromatic N) is 2. The molecule has 0 saturated heterocycles. The number of amides is 1. The van der Waals surface area contributed by atoms with Gasteiger partial charge in [0.2, 0.25) is 0 Å². The predicted molar refractivity (Wildman–Crippen MR) is 87.8 cm³/mol. The summed E-state index contributed by atoms with van der Waals surface area (Å²) in [6, 6.07) is 0. The molecule has 4 rings (SSSR count). The number of H-pyrrole nitrogens is 1. The zero-order valence-corrected chi connectivity index (χ0v) is 13.9. The Morgan fingerprint density at radius 1 is 1.48 bits per heavy atom. The van der Waals surface area contributed by atoms with Gasteiger partial charge in [-0.1, -0.05) is 0 Å². The van der Waals surface area contributed by atoms with E-state index in [0.717, 1.165) is 27.4 Å². The Morgan fingerprint density at radius 2 is 2.26 bits per heavy atom. The van der Waals surface area contributed by atoms with Gasteiger partial charge in [-0.15, -0.1) is 11.8 Å². The van der Waals surface area contributed by atoms with E-state index in [2.05, 4.69) is 15.2 Å². The van der Waals surface area contributed by atoms with E-state index in [1.165, 1.54) is 11.8 Å². The minimum absolute atomic E-state index is 0.0363. The van der Waals surface area contributed by atoms with Crippen LogP contribution in [0.4, 0.5) is 0 Å². The summed E-state index contributed by atoms with van der Waals surface area (Å²) in [5.41, 5.74) is 2.03. The van der Waals surface area contributed by atoms with Crippen LogP contribution in [0.2, 0.25) is 0 Å². The van der Waals surface area contributed by atoms with Gasteiger partial charge in [0.05, 0.1) is 16.8 Å². The smallest absolute Gasteiger partial charge is 0.264 e. The largest absolute Gasteiger partial charge is 0.489 e. The number of carbonyl (C=O) groups is 1. The SMILES string of the molecule is C[C@@H]1CC2=C3C(=C(c4cn[nH]c4)SC3C(=O)N=C2C(C)(C)O)O1. The quantitative estimate of drug-likeness (QED) is 0.866. The zero-order valence-electron chi connectivity index (χ0n) is 13.1. The Labute approximate surface area is 137 Å². The Hall–Kier alpha value is -1.86. The third kappa shape index (κ3) is 2.18. The van der Waals surface area contributed by atoms with Gasteiger partial charge in [0.1, 0.15) is 22.7 Å². The molecular formula is C16H17N3O3S. The Morgan fingerprint density at radius 3 is 2.91 bits per heavy atom. The highest BCUT2D eigenvalue weighted by molar-refractivity contribution is 8.10. The molecule has 3 aliphatic heterocycles. The molecule has 0 aliphatic carbocycles. The summed E-state index contributed by atoms with van der Waals surface area (Å²) in [5.74, 6) is 0.500. The summed E-state index contributed by atoms with van der Waals surface area (Å²) >= 11 is 1.45. The molecule has 1 amide bonds. The van der Waals surface area contributed by atoms with Crippen molar-refractivity contribution >= 4 is 28.3 Å². The summed E-state index contributed by atoms with van der Waals surface area (Å²) in [6.07, 6.45) is 4.12. The lowest BCUT2D eigenvalue weighted by Gasteiger charge is -2.34. The Bertz CT molecular complexity index is 784. The number of rotatable bonds is 2. The molecule has 120 valence electrons. The molecule has 0 radical (unpaired) electrons. The summed E-state index contributed by atoms with van der Waals surface area (Å²) in [5, 5.41) is 16.8. The van der Waals surface area contributed by atoms with Gasteiger partial charge in [0.15, 0.2) is 0 Å². The molecule has 0 aromatic carbocycles. The van der Waals surface area contributed by atoms with Crippen molar-refractivity contribution in [3.05, 3.63) is 34.9 Å². The molecule has 23 heavy (non-hydrogen) atoms. The number of carbonyl (C=O) groups excluding carboxylic acids is 1. The molecule has 2 atom stereocenters. The molecule has 3 aliphatic rings. The van der Waals surface area contributed by atoms with Gasteiger partial charge < -0.3 is 9.84 Å². The van der Waals surface area contributed by atoms with E-state index in [4.69, 9.17) is 4.74 Å². The van der Waals surface area contributed by atoms with Crippen molar-refractivity contribution in [1.29, 1.82) is 0 Å². The fraction of sp³-hybridized carbons (Fsp3) is 0.438. The van der Waals surface area contributed by atoms with E-state index in [9.17, 15) is 9.90 Å². The molecule has 0 fully saturated rings. The number of nitrogens with one attached hydrogen (secondary N) is 1. The number of aromatic nitrogens is 2. The van der Waals surface area contributed by atoms with Crippen LogP contribution in [0.5, 0.6) is 0 Å². The van der Waals surface area contributed by atoms with Crippen molar-refractivity contribution < 1.29 is 14.6 Å². The van der Waals surface area contributed by atoms with Crippen LogP contribution in [0.3, 0.4) is 0 Å². The zero-order chi connectivity index (χ0) is 16.4. The molecule has 1 aromatic rings. The molecule has 4 heterocycles. The average Bonchev–Trinajstić information content (AvgIpc) is 3.08. The maximum Gasteiger partial charge on any atom is 0.264 e. The first-order chi connectivity index (χ1) is 10.9. The second-order valence-electron chi connectivity index (χ2n) is 6.53. The molecule has 1 aromatic heterocycles. The highest BCUT2D eigenvalue weighted by Crippen LogP contribution is 2.53. The lowest BCUT2D eigenvalue weighted by Crippen LogP contribution is -2.41. The van der Waals surface area contributed by atoms with Gasteiger partial charge in [-0.2, -0.15) is 5.10 Å². The molecule has 6 nitrogen and oxygen atoms in total. The van der Waals surface area contributed by atoms with Gasteiger partial charge in [0.25, 0.3) is 5.91 Å². The van der Waals surface area contributed by atoms with Crippen LogP contribution in [-0.4, -0.2) is 43.9 Å². The van der Waals surface area contributed by atoms with E-state index in [0.29, 0.717) is 12.1 Å². The Kier molecular flexibility index (Phi) is 3.08. The third-order valence-corrected chi connectivity index (χ3v) is 5.49. The second-order valence-corrected chi connectivity index (χ2v) is 7.64. The van der Waals surface area contributed by atoms with Gasteiger partial charge in [-0.25, -0.2) is 4.99 Å². The second kappa shape index (κ2) is 4.82. The maximum atomic E-state index is 12.5. The fourth-order valence-electron chi connectivity index (χ4n) is 3.24. The summed E-state index contributed by atoms with van der Waals surface area (Å²) in [4.78, 5) is 17.6. The monoisotopic (exact) mass is 331 g/mol. The molecule has 0 bridgehead atoms. The Balaban J connectivity index is 1.94. The number of hydrogen-bond acceptors (Lipinski definition) is 5. The van der Waals surface area contributed by atoms with Crippen molar-refractivity contribution in [1.82, 2.24) is 10.2 Å². The summed E-state index contributed by atoms with van der Waals surface area (Å²) in [7, 11) is 0. The lowest BCUT2D eigenvalue weighted by atomic mass is 9.83. The van der Waals surface area contributed by atoms with Gasteiger partial charge in [0, 0.05) is 23.8 Å². The minimum atomic E-state index is -1.16.